The number of methoxy groups -OCH3 is 1. The molecule has 1 N–H and O–H groups in total. The van der Waals surface area contributed by atoms with Crippen LogP contribution >= 0.6 is 0 Å². The molecular weight excluding hydrogens is 366 g/mol. The minimum Gasteiger partial charge on any atom is -0.508 e. The second kappa shape index (κ2) is 8.25. The fraction of sp³-hybridized carbons (Fsp3) is 0.391. The fourth-order valence-corrected chi connectivity index (χ4v) is 3.98. The molecule has 3 aromatic rings. The van der Waals surface area contributed by atoms with E-state index in [1.54, 1.807) is 19.2 Å². The van der Waals surface area contributed by atoms with Gasteiger partial charge in [-0.05, 0) is 75.1 Å². The predicted octanol–water partition coefficient (Wildman–Crippen LogP) is 4.94. The molecular formula is C23H27N3O3. The molecule has 1 atom stereocenters. The van der Waals surface area contributed by atoms with Crippen molar-refractivity contribution < 1.29 is 14.4 Å². The molecule has 1 aliphatic heterocycles. The van der Waals surface area contributed by atoms with Gasteiger partial charge in [-0.15, -0.1) is 0 Å². The normalized spacial score (nSPS) is 16.9. The van der Waals surface area contributed by atoms with Crippen molar-refractivity contribution in [1.29, 1.82) is 0 Å². The average molecular weight is 393 g/mol. The highest BCUT2D eigenvalue weighted by molar-refractivity contribution is 5.66. The number of anilines is 1. The van der Waals surface area contributed by atoms with Crippen molar-refractivity contribution in [2.75, 3.05) is 18.6 Å². The summed E-state index contributed by atoms with van der Waals surface area (Å²) >= 11 is 0. The molecule has 2 aromatic carbocycles. The van der Waals surface area contributed by atoms with Crippen LogP contribution in [0.5, 0.6) is 5.75 Å². The molecule has 2 heterocycles. The molecule has 6 heteroatoms. The van der Waals surface area contributed by atoms with Gasteiger partial charge in [0.1, 0.15) is 5.75 Å². The Morgan fingerprint density at radius 2 is 2.00 bits per heavy atom. The molecule has 1 saturated heterocycles. The van der Waals surface area contributed by atoms with Crippen molar-refractivity contribution in [1.82, 2.24) is 10.1 Å². The minimum atomic E-state index is 0.254. The number of hydrogen-bond acceptors (Lipinski definition) is 6. The van der Waals surface area contributed by atoms with E-state index in [1.165, 1.54) is 24.9 Å². The maximum absolute atomic E-state index is 9.73. The van der Waals surface area contributed by atoms with E-state index in [1.807, 2.05) is 19.1 Å². The highest BCUT2D eigenvalue weighted by Crippen LogP contribution is 2.32. The lowest BCUT2D eigenvalue weighted by Gasteiger charge is -2.36. The van der Waals surface area contributed by atoms with Crippen molar-refractivity contribution in [2.24, 2.45) is 0 Å². The van der Waals surface area contributed by atoms with Crippen LogP contribution in [0.4, 0.5) is 5.69 Å². The number of rotatable bonds is 5. The van der Waals surface area contributed by atoms with Gasteiger partial charge in [-0.3, -0.25) is 0 Å². The summed E-state index contributed by atoms with van der Waals surface area (Å²) in [6.45, 7) is 5.73. The third-order valence-electron chi connectivity index (χ3n) is 5.62. The number of ether oxygens (including phenoxy) is 1. The van der Waals surface area contributed by atoms with Crippen molar-refractivity contribution in [3.05, 3.63) is 47.5 Å². The van der Waals surface area contributed by atoms with Gasteiger partial charge in [0, 0.05) is 42.1 Å². The van der Waals surface area contributed by atoms with Crippen LogP contribution in [0.25, 0.3) is 22.8 Å². The molecule has 1 aliphatic rings. The predicted molar refractivity (Wildman–Crippen MR) is 113 cm³/mol. The number of nitrogens with zero attached hydrogens (tertiary/aromatic N) is 3. The van der Waals surface area contributed by atoms with Crippen LogP contribution < -0.4 is 4.90 Å². The van der Waals surface area contributed by atoms with E-state index >= 15 is 0 Å². The standard InChI is InChI=1S/C23H27N3O3/c1-15-12-17(8-10-21(15)27)22-24-23(29-25-22)18-7-9-20(19(13-18)14-28-3)26-11-5-4-6-16(26)2/h7-10,12-13,16,27H,4-6,11,14H2,1-3H3. The van der Waals surface area contributed by atoms with Gasteiger partial charge in [-0.1, -0.05) is 5.16 Å². The van der Waals surface area contributed by atoms with Crippen LogP contribution in [-0.4, -0.2) is 34.9 Å². The topological polar surface area (TPSA) is 71.6 Å². The number of phenolic OH excluding ortho intramolecular Hbond substituents is 1. The first-order chi connectivity index (χ1) is 14.1. The van der Waals surface area contributed by atoms with Gasteiger partial charge in [-0.2, -0.15) is 4.98 Å². The molecule has 0 bridgehead atoms. The Kier molecular flexibility index (Phi) is 5.53. The van der Waals surface area contributed by atoms with Crippen LogP contribution in [0.1, 0.15) is 37.3 Å². The Morgan fingerprint density at radius 1 is 1.17 bits per heavy atom. The van der Waals surface area contributed by atoms with Gasteiger partial charge >= 0.3 is 0 Å². The molecule has 152 valence electrons. The lowest BCUT2D eigenvalue weighted by atomic mass is 10.00. The summed E-state index contributed by atoms with van der Waals surface area (Å²) in [7, 11) is 1.72. The molecule has 4 rings (SSSR count). The summed E-state index contributed by atoms with van der Waals surface area (Å²) in [5.74, 6) is 1.23. The number of aromatic nitrogens is 2. The van der Waals surface area contributed by atoms with Gasteiger partial charge in [0.05, 0.1) is 6.61 Å². The molecule has 0 radical (unpaired) electrons. The zero-order valence-corrected chi connectivity index (χ0v) is 17.2. The second-order valence-electron chi connectivity index (χ2n) is 7.74. The highest BCUT2D eigenvalue weighted by Gasteiger charge is 2.22. The van der Waals surface area contributed by atoms with Gasteiger partial charge < -0.3 is 19.3 Å². The number of phenols is 1. The smallest absolute Gasteiger partial charge is 0.258 e. The first-order valence-corrected chi connectivity index (χ1v) is 10.1. The van der Waals surface area contributed by atoms with Crippen LogP contribution in [0.3, 0.4) is 0 Å². The van der Waals surface area contributed by atoms with Crippen molar-refractivity contribution in [3.63, 3.8) is 0 Å². The summed E-state index contributed by atoms with van der Waals surface area (Å²) in [5.41, 5.74) is 4.80. The Morgan fingerprint density at radius 3 is 2.76 bits per heavy atom. The van der Waals surface area contributed by atoms with Crippen LogP contribution in [0, 0.1) is 6.92 Å². The summed E-state index contributed by atoms with van der Waals surface area (Å²) in [6.07, 6.45) is 3.72. The van der Waals surface area contributed by atoms with Crippen molar-refractivity contribution in [3.8, 4) is 28.6 Å². The molecule has 0 saturated carbocycles. The molecule has 1 unspecified atom stereocenters. The second-order valence-corrected chi connectivity index (χ2v) is 7.74. The van der Waals surface area contributed by atoms with Gasteiger partial charge in [0.2, 0.25) is 5.82 Å². The Balaban J connectivity index is 1.66. The van der Waals surface area contributed by atoms with Crippen LogP contribution in [0.15, 0.2) is 40.9 Å². The van der Waals surface area contributed by atoms with Crippen LogP contribution in [0.2, 0.25) is 0 Å². The number of benzene rings is 2. The maximum atomic E-state index is 9.73. The molecule has 0 aliphatic carbocycles. The highest BCUT2D eigenvalue weighted by atomic mass is 16.5. The number of aryl methyl sites for hydroxylation is 1. The molecule has 29 heavy (non-hydrogen) atoms. The van der Waals surface area contributed by atoms with Gasteiger partial charge in [-0.25, -0.2) is 0 Å². The van der Waals surface area contributed by atoms with E-state index in [0.717, 1.165) is 28.8 Å². The largest absolute Gasteiger partial charge is 0.508 e. The zero-order chi connectivity index (χ0) is 20.4. The average Bonchev–Trinajstić information content (AvgIpc) is 3.21. The molecule has 0 spiro atoms. The van der Waals surface area contributed by atoms with E-state index in [4.69, 9.17) is 9.26 Å². The maximum Gasteiger partial charge on any atom is 0.258 e. The van der Waals surface area contributed by atoms with Crippen molar-refractivity contribution >= 4 is 5.69 Å². The zero-order valence-electron chi connectivity index (χ0n) is 17.2. The fourth-order valence-electron chi connectivity index (χ4n) is 3.98. The summed E-state index contributed by atoms with van der Waals surface area (Å²) in [5, 5.41) is 13.9. The lowest BCUT2D eigenvalue weighted by molar-refractivity contribution is 0.185. The van der Waals surface area contributed by atoms with Gasteiger partial charge in [0.25, 0.3) is 5.89 Å². The monoisotopic (exact) mass is 393 g/mol. The van der Waals surface area contributed by atoms with E-state index in [-0.39, 0.29) is 5.75 Å². The molecule has 1 fully saturated rings. The summed E-state index contributed by atoms with van der Waals surface area (Å²) in [4.78, 5) is 7.04. The summed E-state index contributed by atoms with van der Waals surface area (Å²) in [6, 6.07) is 12.1. The molecule has 1 aromatic heterocycles. The first kappa shape index (κ1) is 19.5. The van der Waals surface area contributed by atoms with E-state index in [2.05, 4.69) is 34.1 Å². The Labute approximate surface area is 171 Å². The summed E-state index contributed by atoms with van der Waals surface area (Å²) < 4.78 is 11.0. The van der Waals surface area contributed by atoms with E-state index in [9.17, 15) is 5.11 Å². The lowest BCUT2D eigenvalue weighted by Crippen LogP contribution is -2.38. The number of piperidine rings is 1. The van der Waals surface area contributed by atoms with Gasteiger partial charge in [0.15, 0.2) is 0 Å². The van der Waals surface area contributed by atoms with Crippen LogP contribution in [-0.2, 0) is 11.3 Å². The van der Waals surface area contributed by atoms with Crippen molar-refractivity contribution in [2.45, 2.75) is 45.8 Å². The molecule has 0 amide bonds. The Bertz CT molecular complexity index is 999. The van der Waals surface area contributed by atoms with E-state index in [0.29, 0.717) is 24.4 Å². The number of aromatic hydroxyl groups is 1. The first-order valence-electron chi connectivity index (χ1n) is 10.1. The molecule has 6 nitrogen and oxygen atoms in total. The minimum absolute atomic E-state index is 0.254. The SMILES string of the molecule is COCc1cc(-c2nc(-c3ccc(O)c(C)c3)no2)ccc1N1CCCCC1C. The number of hydrogen-bond donors (Lipinski definition) is 1. The van der Waals surface area contributed by atoms with E-state index < -0.39 is 0 Å². The quantitative estimate of drug-likeness (QED) is 0.662. The third-order valence-corrected chi connectivity index (χ3v) is 5.62. The Hall–Kier alpha value is -2.86. The third kappa shape index (κ3) is 3.98.